The average Bonchev–Trinajstić information content (AvgIpc) is 2.56. The number of methoxy groups -OCH3 is 1. The Labute approximate surface area is 146 Å². The van der Waals surface area contributed by atoms with Crippen LogP contribution in [0.15, 0.2) is 42.0 Å². The predicted molar refractivity (Wildman–Crippen MR) is 96.1 cm³/mol. The van der Waals surface area contributed by atoms with Crippen molar-refractivity contribution in [2.45, 2.75) is 48.7 Å². The Bertz CT molecular complexity index is 512. The fraction of sp³-hybridized carbons (Fsp3) is 0.500. The van der Waals surface area contributed by atoms with Crippen molar-refractivity contribution in [2.24, 2.45) is 0 Å². The minimum atomic E-state index is -0.252. The van der Waals surface area contributed by atoms with E-state index in [0.29, 0.717) is 9.50 Å². The summed E-state index contributed by atoms with van der Waals surface area (Å²) < 4.78 is 11.5. The van der Waals surface area contributed by atoms with Crippen LogP contribution in [0.2, 0.25) is 0 Å². The standard InChI is InChI=1S/C18H23IO3/c1-13(18(20)21-2)7-6-10-17-15(19)11-12-16(22-17)14-8-4-3-5-9-14/h3-5,7-9,15-17H,6,10-12H2,1-2H3/b13-7+/t15-,16+,17+/m0/s1. The third-order valence-electron chi connectivity index (χ3n) is 4.03. The highest BCUT2D eigenvalue weighted by Crippen LogP contribution is 2.36. The van der Waals surface area contributed by atoms with Crippen LogP contribution in [0.25, 0.3) is 0 Å². The first-order valence-corrected chi connectivity index (χ1v) is 8.96. The molecule has 22 heavy (non-hydrogen) atoms. The lowest BCUT2D eigenvalue weighted by Gasteiger charge is -2.34. The van der Waals surface area contributed by atoms with Crippen LogP contribution in [-0.4, -0.2) is 23.1 Å². The summed E-state index contributed by atoms with van der Waals surface area (Å²) in [5, 5.41) is 0. The molecule has 120 valence electrons. The molecule has 0 aliphatic carbocycles. The summed E-state index contributed by atoms with van der Waals surface area (Å²) in [7, 11) is 1.41. The maximum atomic E-state index is 11.4. The van der Waals surface area contributed by atoms with Gasteiger partial charge < -0.3 is 9.47 Å². The molecule has 0 bridgehead atoms. The van der Waals surface area contributed by atoms with E-state index in [1.165, 1.54) is 19.1 Å². The zero-order valence-corrected chi connectivity index (χ0v) is 15.3. The molecule has 1 aromatic carbocycles. The van der Waals surface area contributed by atoms with Crippen molar-refractivity contribution < 1.29 is 14.3 Å². The molecule has 0 saturated carbocycles. The van der Waals surface area contributed by atoms with Crippen LogP contribution in [0.5, 0.6) is 0 Å². The van der Waals surface area contributed by atoms with Gasteiger partial charge in [-0.3, -0.25) is 0 Å². The van der Waals surface area contributed by atoms with E-state index in [4.69, 9.17) is 9.47 Å². The smallest absolute Gasteiger partial charge is 0.333 e. The number of rotatable bonds is 5. The van der Waals surface area contributed by atoms with Gasteiger partial charge in [0.25, 0.3) is 0 Å². The Morgan fingerprint density at radius 1 is 1.36 bits per heavy atom. The lowest BCUT2D eigenvalue weighted by molar-refractivity contribution is -0.136. The largest absolute Gasteiger partial charge is 0.466 e. The molecular formula is C18H23IO3. The molecule has 0 radical (unpaired) electrons. The Balaban J connectivity index is 1.91. The summed E-state index contributed by atoms with van der Waals surface area (Å²) in [6.07, 6.45) is 6.40. The second-order valence-electron chi connectivity index (χ2n) is 5.62. The quantitative estimate of drug-likeness (QED) is 0.306. The highest BCUT2D eigenvalue weighted by molar-refractivity contribution is 14.1. The van der Waals surface area contributed by atoms with Crippen molar-refractivity contribution in [3.05, 3.63) is 47.5 Å². The van der Waals surface area contributed by atoms with Crippen LogP contribution < -0.4 is 0 Å². The van der Waals surface area contributed by atoms with Crippen molar-refractivity contribution in [3.8, 4) is 0 Å². The average molecular weight is 414 g/mol. The number of carbonyl (C=O) groups excluding carboxylic acids is 1. The number of hydrogen-bond acceptors (Lipinski definition) is 3. The fourth-order valence-corrected chi connectivity index (χ4v) is 3.62. The van der Waals surface area contributed by atoms with Gasteiger partial charge in [0.05, 0.1) is 19.3 Å². The van der Waals surface area contributed by atoms with Crippen molar-refractivity contribution in [2.75, 3.05) is 7.11 Å². The van der Waals surface area contributed by atoms with E-state index in [1.54, 1.807) is 6.92 Å². The number of halogens is 1. The molecule has 1 aromatic rings. The van der Waals surface area contributed by atoms with Crippen molar-refractivity contribution in [3.63, 3.8) is 0 Å². The molecule has 0 N–H and O–H groups in total. The Kier molecular flexibility index (Phi) is 6.89. The van der Waals surface area contributed by atoms with E-state index < -0.39 is 0 Å². The van der Waals surface area contributed by atoms with Crippen LogP contribution in [-0.2, 0) is 14.3 Å². The highest BCUT2D eigenvalue weighted by atomic mass is 127. The highest BCUT2D eigenvalue weighted by Gasteiger charge is 2.29. The van der Waals surface area contributed by atoms with E-state index in [9.17, 15) is 4.79 Å². The number of esters is 1. The van der Waals surface area contributed by atoms with Crippen LogP contribution in [0.3, 0.4) is 0 Å². The minimum absolute atomic E-state index is 0.197. The summed E-state index contributed by atoms with van der Waals surface area (Å²) in [4.78, 5) is 11.4. The molecule has 3 nitrogen and oxygen atoms in total. The lowest BCUT2D eigenvalue weighted by atomic mass is 9.96. The normalized spacial score (nSPS) is 25.8. The number of alkyl halides is 1. The Hall–Kier alpha value is -0.880. The van der Waals surface area contributed by atoms with Gasteiger partial charge in [-0.1, -0.05) is 59.0 Å². The number of ether oxygens (including phenoxy) is 2. The van der Waals surface area contributed by atoms with Crippen molar-refractivity contribution >= 4 is 28.6 Å². The fourth-order valence-electron chi connectivity index (χ4n) is 2.73. The van der Waals surface area contributed by atoms with Crippen LogP contribution in [0.4, 0.5) is 0 Å². The predicted octanol–water partition coefficient (Wildman–Crippen LogP) is 4.61. The lowest BCUT2D eigenvalue weighted by Crippen LogP contribution is -2.31. The zero-order chi connectivity index (χ0) is 15.9. The number of benzene rings is 1. The van der Waals surface area contributed by atoms with Gasteiger partial charge in [0.1, 0.15) is 0 Å². The van der Waals surface area contributed by atoms with E-state index in [0.717, 1.165) is 19.3 Å². The molecule has 1 aliphatic heterocycles. The monoisotopic (exact) mass is 414 g/mol. The summed E-state index contributed by atoms with van der Waals surface area (Å²) in [6.45, 7) is 1.79. The topological polar surface area (TPSA) is 35.5 Å². The van der Waals surface area contributed by atoms with Gasteiger partial charge in [0, 0.05) is 9.50 Å². The zero-order valence-electron chi connectivity index (χ0n) is 13.1. The van der Waals surface area contributed by atoms with E-state index in [1.807, 2.05) is 12.1 Å². The van der Waals surface area contributed by atoms with Crippen molar-refractivity contribution in [1.82, 2.24) is 0 Å². The summed E-state index contributed by atoms with van der Waals surface area (Å²) >= 11 is 2.49. The van der Waals surface area contributed by atoms with Gasteiger partial charge in [-0.15, -0.1) is 0 Å². The second kappa shape index (κ2) is 8.67. The first-order valence-electron chi connectivity index (χ1n) is 7.71. The molecule has 1 fully saturated rings. The van der Waals surface area contributed by atoms with Crippen molar-refractivity contribution in [1.29, 1.82) is 0 Å². The van der Waals surface area contributed by atoms with Gasteiger partial charge in [-0.2, -0.15) is 0 Å². The Morgan fingerprint density at radius 3 is 2.77 bits per heavy atom. The summed E-state index contributed by atoms with van der Waals surface area (Å²) in [5.74, 6) is -0.252. The molecule has 1 saturated heterocycles. The first-order chi connectivity index (χ1) is 10.6. The maximum Gasteiger partial charge on any atom is 0.333 e. The molecule has 0 unspecified atom stereocenters. The molecular weight excluding hydrogens is 391 g/mol. The third-order valence-corrected chi connectivity index (χ3v) is 5.45. The molecule has 4 heteroatoms. The van der Waals surface area contributed by atoms with Crippen LogP contribution >= 0.6 is 22.6 Å². The number of hydrogen-bond donors (Lipinski definition) is 0. The van der Waals surface area contributed by atoms with E-state index in [2.05, 4.69) is 46.9 Å². The van der Waals surface area contributed by atoms with Gasteiger partial charge in [-0.25, -0.2) is 4.79 Å². The molecule has 1 aliphatic rings. The SMILES string of the molecule is COC(=O)/C(C)=C/CC[C@H]1O[C@@H](c2ccccc2)CC[C@@H]1I. The molecule has 3 atom stereocenters. The Morgan fingerprint density at radius 2 is 2.09 bits per heavy atom. The number of allylic oxidation sites excluding steroid dienone is 1. The third kappa shape index (κ3) is 4.81. The molecule has 0 amide bonds. The van der Waals surface area contributed by atoms with Gasteiger partial charge in [0.2, 0.25) is 0 Å². The van der Waals surface area contributed by atoms with Crippen LogP contribution in [0.1, 0.15) is 44.3 Å². The maximum absolute atomic E-state index is 11.4. The summed E-state index contributed by atoms with van der Waals surface area (Å²) in [6, 6.07) is 10.4. The van der Waals surface area contributed by atoms with Gasteiger partial charge in [0.15, 0.2) is 0 Å². The summed E-state index contributed by atoms with van der Waals surface area (Å²) in [5.41, 5.74) is 1.93. The molecule has 1 heterocycles. The van der Waals surface area contributed by atoms with E-state index in [-0.39, 0.29) is 18.2 Å². The molecule has 0 aromatic heterocycles. The second-order valence-corrected chi connectivity index (χ2v) is 7.22. The number of carbonyl (C=O) groups is 1. The molecule has 0 spiro atoms. The van der Waals surface area contributed by atoms with Crippen LogP contribution in [0, 0.1) is 0 Å². The first kappa shape index (κ1) is 17.5. The molecule has 2 rings (SSSR count). The van der Waals surface area contributed by atoms with E-state index >= 15 is 0 Å². The minimum Gasteiger partial charge on any atom is -0.466 e. The van der Waals surface area contributed by atoms with Gasteiger partial charge >= 0.3 is 5.97 Å². The van der Waals surface area contributed by atoms with Gasteiger partial charge in [-0.05, 0) is 38.2 Å².